The van der Waals surface area contributed by atoms with Gasteiger partial charge < -0.3 is 25.4 Å². The fraction of sp³-hybridized carbons (Fsp3) is 0.407. The van der Waals surface area contributed by atoms with Crippen LogP contribution in [0, 0.1) is 11.7 Å². The van der Waals surface area contributed by atoms with Crippen LogP contribution in [-0.4, -0.2) is 59.6 Å². The molecule has 2 saturated heterocycles. The SMILES string of the molecule is CC(C)[C@@H](CN1CCC2(CC1)C(=O)NCN2c1ccccc1)NC(=O)c1cc2cc(F)ccc2[nH]1. The molecule has 8 heteroatoms. The number of amides is 2. The molecule has 2 amide bonds. The van der Waals surface area contributed by atoms with Crippen LogP contribution in [0.1, 0.15) is 37.2 Å². The minimum absolute atomic E-state index is 0.0534. The standard InChI is InChI=1S/C27H32FN5O2/c1-18(2)24(31-25(34)23-15-19-14-20(28)8-9-22(19)30-23)16-32-12-10-27(11-13-32)26(35)29-17-33(27)21-6-4-3-5-7-21/h3-9,14-15,18,24,30H,10-13,16-17H2,1-2H3,(H,29,35)(H,31,34)/t24-/m1/s1. The lowest BCUT2D eigenvalue weighted by Gasteiger charge is -2.44. The van der Waals surface area contributed by atoms with E-state index < -0.39 is 5.54 Å². The highest BCUT2D eigenvalue weighted by Gasteiger charge is 2.50. The Kier molecular flexibility index (Phi) is 6.23. The van der Waals surface area contributed by atoms with Crippen molar-refractivity contribution in [1.29, 1.82) is 0 Å². The lowest BCUT2D eigenvalue weighted by molar-refractivity contribution is -0.125. The zero-order valence-electron chi connectivity index (χ0n) is 20.2. The number of halogens is 1. The molecular weight excluding hydrogens is 445 g/mol. The number of para-hydroxylation sites is 1. The summed E-state index contributed by atoms with van der Waals surface area (Å²) < 4.78 is 13.5. The van der Waals surface area contributed by atoms with E-state index in [2.05, 4.69) is 51.4 Å². The summed E-state index contributed by atoms with van der Waals surface area (Å²) in [4.78, 5) is 33.5. The Labute approximate surface area is 204 Å². The molecule has 0 unspecified atom stereocenters. The number of anilines is 1. The number of rotatable bonds is 6. The number of nitrogens with one attached hydrogen (secondary N) is 3. The molecule has 2 aliphatic rings. The monoisotopic (exact) mass is 477 g/mol. The van der Waals surface area contributed by atoms with Crippen molar-refractivity contribution in [2.45, 2.75) is 38.3 Å². The number of H-pyrrole nitrogens is 1. The van der Waals surface area contributed by atoms with Gasteiger partial charge in [-0.3, -0.25) is 9.59 Å². The molecule has 7 nitrogen and oxygen atoms in total. The van der Waals surface area contributed by atoms with Crippen molar-refractivity contribution in [1.82, 2.24) is 20.5 Å². The fourth-order valence-corrected chi connectivity index (χ4v) is 5.31. The van der Waals surface area contributed by atoms with Crippen LogP contribution >= 0.6 is 0 Å². The number of piperidine rings is 1. The van der Waals surface area contributed by atoms with E-state index in [-0.39, 0.29) is 29.6 Å². The van der Waals surface area contributed by atoms with Gasteiger partial charge in [-0.2, -0.15) is 0 Å². The Morgan fingerprint density at radius 2 is 1.86 bits per heavy atom. The average Bonchev–Trinajstić information content (AvgIpc) is 3.41. The predicted molar refractivity (Wildman–Crippen MR) is 135 cm³/mol. The van der Waals surface area contributed by atoms with Gasteiger partial charge >= 0.3 is 0 Å². The number of hydrogen-bond donors (Lipinski definition) is 3. The van der Waals surface area contributed by atoms with Crippen molar-refractivity contribution in [3.8, 4) is 0 Å². The van der Waals surface area contributed by atoms with Gasteiger partial charge in [0, 0.05) is 42.3 Å². The van der Waals surface area contributed by atoms with Crippen LogP contribution in [0.25, 0.3) is 10.9 Å². The Morgan fingerprint density at radius 3 is 2.57 bits per heavy atom. The van der Waals surface area contributed by atoms with Gasteiger partial charge in [-0.15, -0.1) is 0 Å². The van der Waals surface area contributed by atoms with Crippen molar-refractivity contribution in [2.24, 2.45) is 5.92 Å². The summed E-state index contributed by atoms with van der Waals surface area (Å²) >= 11 is 0. The number of carbonyl (C=O) groups excluding carboxylic acids is 2. The maximum Gasteiger partial charge on any atom is 0.267 e. The normalized spacial score (nSPS) is 18.9. The molecule has 35 heavy (non-hydrogen) atoms. The molecule has 1 spiro atoms. The van der Waals surface area contributed by atoms with E-state index in [1.54, 1.807) is 12.1 Å². The number of nitrogens with zero attached hydrogens (tertiary/aromatic N) is 2. The second-order valence-electron chi connectivity index (χ2n) is 10.00. The number of fused-ring (bicyclic) bond motifs is 1. The van der Waals surface area contributed by atoms with E-state index in [4.69, 9.17) is 0 Å². The molecule has 0 saturated carbocycles. The lowest BCUT2D eigenvalue weighted by atomic mass is 9.85. The van der Waals surface area contributed by atoms with Crippen LogP contribution < -0.4 is 15.5 Å². The summed E-state index contributed by atoms with van der Waals surface area (Å²) in [6.07, 6.45) is 1.47. The van der Waals surface area contributed by atoms with Crippen LogP contribution in [0.5, 0.6) is 0 Å². The Bertz CT molecular complexity index is 1220. The molecule has 3 aromatic rings. The molecule has 184 valence electrons. The Morgan fingerprint density at radius 1 is 1.11 bits per heavy atom. The first-order valence-electron chi connectivity index (χ1n) is 12.3. The molecule has 1 aromatic heterocycles. The fourth-order valence-electron chi connectivity index (χ4n) is 5.31. The summed E-state index contributed by atoms with van der Waals surface area (Å²) in [5.74, 6) is -0.190. The van der Waals surface area contributed by atoms with Gasteiger partial charge in [0.25, 0.3) is 5.91 Å². The number of aromatic nitrogens is 1. The van der Waals surface area contributed by atoms with E-state index in [1.807, 2.05) is 18.2 Å². The number of benzene rings is 2. The Balaban J connectivity index is 1.24. The highest BCUT2D eigenvalue weighted by atomic mass is 19.1. The molecule has 0 aliphatic carbocycles. The van der Waals surface area contributed by atoms with Crippen molar-refractivity contribution in [3.63, 3.8) is 0 Å². The molecule has 0 bridgehead atoms. The molecule has 1 atom stereocenters. The summed E-state index contributed by atoms with van der Waals surface area (Å²) in [6.45, 7) is 6.99. The molecule has 2 fully saturated rings. The number of carbonyl (C=O) groups is 2. The third-order valence-electron chi connectivity index (χ3n) is 7.49. The van der Waals surface area contributed by atoms with Gasteiger partial charge in [-0.05, 0) is 55.2 Å². The molecule has 0 radical (unpaired) electrons. The number of hydrogen-bond acceptors (Lipinski definition) is 4. The minimum Gasteiger partial charge on any atom is -0.351 e. The molecule has 3 heterocycles. The molecule has 5 rings (SSSR count). The summed E-state index contributed by atoms with van der Waals surface area (Å²) in [5, 5.41) is 6.89. The summed E-state index contributed by atoms with van der Waals surface area (Å²) in [6, 6.07) is 16.2. The first-order chi connectivity index (χ1) is 16.9. The van der Waals surface area contributed by atoms with Crippen molar-refractivity contribution in [2.75, 3.05) is 31.2 Å². The molecule has 2 aromatic carbocycles. The maximum atomic E-state index is 13.5. The smallest absolute Gasteiger partial charge is 0.267 e. The lowest BCUT2D eigenvalue weighted by Crippen LogP contribution is -2.58. The second-order valence-corrected chi connectivity index (χ2v) is 10.00. The van der Waals surface area contributed by atoms with Crippen molar-refractivity contribution in [3.05, 3.63) is 66.1 Å². The van der Waals surface area contributed by atoms with Gasteiger partial charge in [0.15, 0.2) is 0 Å². The zero-order chi connectivity index (χ0) is 24.6. The molecule has 2 aliphatic heterocycles. The third-order valence-corrected chi connectivity index (χ3v) is 7.49. The second kappa shape index (κ2) is 9.34. The summed E-state index contributed by atoms with van der Waals surface area (Å²) in [7, 11) is 0. The first-order valence-corrected chi connectivity index (χ1v) is 12.3. The van der Waals surface area contributed by atoms with Crippen LogP contribution in [0.4, 0.5) is 10.1 Å². The van der Waals surface area contributed by atoms with Crippen molar-refractivity contribution < 1.29 is 14.0 Å². The molecule has 3 N–H and O–H groups in total. The number of aromatic amines is 1. The number of likely N-dealkylation sites (tertiary alicyclic amines) is 1. The Hall–Kier alpha value is -3.39. The minimum atomic E-state index is -0.520. The van der Waals surface area contributed by atoms with Crippen LogP contribution in [-0.2, 0) is 4.79 Å². The van der Waals surface area contributed by atoms with E-state index in [0.717, 1.165) is 37.1 Å². The van der Waals surface area contributed by atoms with E-state index in [9.17, 15) is 14.0 Å². The topological polar surface area (TPSA) is 80.5 Å². The van der Waals surface area contributed by atoms with Gasteiger partial charge in [0.1, 0.15) is 17.1 Å². The molecular formula is C27H32FN5O2. The highest BCUT2D eigenvalue weighted by molar-refractivity contribution is 5.98. The van der Waals surface area contributed by atoms with E-state index >= 15 is 0 Å². The van der Waals surface area contributed by atoms with Gasteiger partial charge in [0.2, 0.25) is 5.91 Å². The van der Waals surface area contributed by atoms with Crippen LogP contribution in [0.15, 0.2) is 54.6 Å². The quantitative estimate of drug-likeness (QED) is 0.508. The van der Waals surface area contributed by atoms with Crippen LogP contribution in [0.2, 0.25) is 0 Å². The highest BCUT2D eigenvalue weighted by Crippen LogP contribution is 2.36. The van der Waals surface area contributed by atoms with Crippen LogP contribution in [0.3, 0.4) is 0 Å². The largest absolute Gasteiger partial charge is 0.351 e. The van der Waals surface area contributed by atoms with Gasteiger partial charge in [-0.1, -0.05) is 32.0 Å². The average molecular weight is 478 g/mol. The van der Waals surface area contributed by atoms with E-state index in [1.165, 1.54) is 12.1 Å². The maximum absolute atomic E-state index is 13.5. The van der Waals surface area contributed by atoms with Crippen molar-refractivity contribution >= 4 is 28.4 Å². The van der Waals surface area contributed by atoms with Gasteiger partial charge in [-0.25, -0.2) is 4.39 Å². The summed E-state index contributed by atoms with van der Waals surface area (Å²) in [5.41, 5.74) is 1.70. The van der Waals surface area contributed by atoms with Gasteiger partial charge in [0.05, 0.1) is 6.67 Å². The predicted octanol–water partition coefficient (Wildman–Crippen LogP) is 3.49. The first kappa shape index (κ1) is 23.4. The van der Waals surface area contributed by atoms with E-state index in [0.29, 0.717) is 24.3 Å². The zero-order valence-corrected chi connectivity index (χ0v) is 20.2. The third kappa shape index (κ3) is 4.50.